The van der Waals surface area contributed by atoms with Gasteiger partial charge in [-0.3, -0.25) is 0 Å². The van der Waals surface area contributed by atoms with E-state index in [-0.39, 0.29) is 0 Å². The summed E-state index contributed by atoms with van der Waals surface area (Å²) < 4.78 is 5.37. The van der Waals surface area contributed by atoms with Crippen molar-refractivity contribution >= 4 is 11.8 Å². The molecule has 0 spiro atoms. The summed E-state index contributed by atoms with van der Waals surface area (Å²) in [6, 6.07) is 0.470. The standard InChI is InChI=1S/C11H19N3OS/c1-7(2)4-10-13-11(15-14-10)8-5-16-6-9(8)12-3/h7-9,12H,4-6H2,1-3H3. The van der Waals surface area contributed by atoms with Gasteiger partial charge >= 0.3 is 0 Å². The molecule has 1 aliphatic heterocycles. The summed E-state index contributed by atoms with van der Waals surface area (Å²) in [6.45, 7) is 4.33. The Morgan fingerprint density at radius 3 is 3.00 bits per heavy atom. The van der Waals surface area contributed by atoms with Gasteiger partial charge in [-0.15, -0.1) is 0 Å². The number of hydrogen-bond donors (Lipinski definition) is 1. The van der Waals surface area contributed by atoms with Crippen molar-refractivity contribution < 1.29 is 4.52 Å². The molecule has 90 valence electrons. The number of nitrogens with one attached hydrogen (secondary N) is 1. The quantitative estimate of drug-likeness (QED) is 0.869. The molecule has 0 bridgehead atoms. The average molecular weight is 241 g/mol. The van der Waals surface area contributed by atoms with Crippen LogP contribution in [0.3, 0.4) is 0 Å². The Morgan fingerprint density at radius 2 is 2.31 bits per heavy atom. The Balaban J connectivity index is 2.06. The van der Waals surface area contributed by atoms with Gasteiger partial charge in [0.25, 0.3) is 0 Å². The lowest BCUT2D eigenvalue weighted by molar-refractivity contribution is 0.339. The van der Waals surface area contributed by atoms with Crippen molar-refractivity contribution in [3.8, 4) is 0 Å². The molecule has 4 nitrogen and oxygen atoms in total. The first-order valence-corrected chi connectivity index (χ1v) is 6.93. The molecule has 0 saturated carbocycles. The van der Waals surface area contributed by atoms with Gasteiger partial charge in [-0.25, -0.2) is 0 Å². The maximum atomic E-state index is 5.37. The third-order valence-electron chi connectivity index (χ3n) is 2.84. The van der Waals surface area contributed by atoms with Gasteiger partial charge in [-0.1, -0.05) is 19.0 Å². The largest absolute Gasteiger partial charge is 0.339 e. The van der Waals surface area contributed by atoms with Gasteiger partial charge < -0.3 is 9.84 Å². The van der Waals surface area contributed by atoms with Crippen molar-refractivity contribution in [1.29, 1.82) is 0 Å². The molecule has 0 aromatic carbocycles. The second-order valence-corrected chi connectivity index (χ2v) is 5.76. The van der Waals surface area contributed by atoms with E-state index in [2.05, 4.69) is 29.3 Å². The fraction of sp³-hybridized carbons (Fsp3) is 0.818. The van der Waals surface area contributed by atoms with E-state index in [1.807, 2.05) is 18.8 Å². The van der Waals surface area contributed by atoms with Gasteiger partial charge in [-0.2, -0.15) is 16.7 Å². The third-order valence-corrected chi connectivity index (χ3v) is 4.03. The molecule has 16 heavy (non-hydrogen) atoms. The summed E-state index contributed by atoms with van der Waals surface area (Å²) in [5, 5.41) is 7.36. The lowest BCUT2D eigenvalue weighted by Crippen LogP contribution is -2.31. The van der Waals surface area contributed by atoms with Gasteiger partial charge in [0.05, 0.1) is 5.92 Å². The summed E-state index contributed by atoms with van der Waals surface area (Å²) in [4.78, 5) is 4.50. The molecule has 0 aliphatic carbocycles. The van der Waals surface area contributed by atoms with Gasteiger partial charge in [0.2, 0.25) is 5.89 Å². The number of hydrogen-bond acceptors (Lipinski definition) is 5. The Bertz CT molecular complexity index is 340. The Labute approximate surface area is 101 Å². The monoisotopic (exact) mass is 241 g/mol. The van der Waals surface area contributed by atoms with E-state index in [0.29, 0.717) is 17.9 Å². The molecular weight excluding hydrogens is 222 g/mol. The minimum absolute atomic E-state index is 0.378. The van der Waals surface area contributed by atoms with Crippen LogP contribution in [0.25, 0.3) is 0 Å². The highest BCUT2D eigenvalue weighted by atomic mass is 32.2. The van der Waals surface area contributed by atoms with Gasteiger partial charge in [0.15, 0.2) is 5.82 Å². The van der Waals surface area contributed by atoms with E-state index in [1.54, 1.807) is 0 Å². The summed E-state index contributed by atoms with van der Waals surface area (Å²) in [6.07, 6.45) is 0.896. The lowest BCUT2D eigenvalue weighted by Gasteiger charge is -2.13. The number of likely N-dealkylation sites (N-methyl/N-ethyl adjacent to an activating group) is 1. The zero-order valence-electron chi connectivity index (χ0n) is 10.1. The van der Waals surface area contributed by atoms with Crippen LogP contribution in [-0.4, -0.2) is 34.7 Å². The van der Waals surface area contributed by atoms with Crippen molar-refractivity contribution in [3.05, 3.63) is 11.7 Å². The first-order chi connectivity index (χ1) is 7.70. The zero-order valence-corrected chi connectivity index (χ0v) is 10.9. The van der Waals surface area contributed by atoms with Crippen LogP contribution in [0, 0.1) is 5.92 Å². The van der Waals surface area contributed by atoms with Crippen molar-refractivity contribution in [2.75, 3.05) is 18.6 Å². The number of thioether (sulfide) groups is 1. The number of rotatable bonds is 4. The van der Waals surface area contributed by atoms with Crippen LogP contribution in [-0.2, 0) is 6.42 Å². The van der Waals surface area contributed by atoms with Gasteiger partial charge in [0.1, 0.15) is 0 Å². The molecule has 1 aromatic rings. The zero-order chi connectivity index (χ0) is 11.5. The minimum Gasteiger partial charge on any atom is -0.339 e. The van der Waals surface area contributed by atoms with E-state index in [4.69, 9.17) is 4.52 Å². The van der Waals surface area contributed by atoms with Crippen LogP contribution >= 0.6 is 11.8 Å². The second kappa shape index (κ2) is 5.19. The van der Waals surface area contributed by atoms with Gasteiger partial charge in [0, 0.05) is 24.0 Å². The topological polar surface area (TPSA) is 51.0 Å². The van der Waals surface area contributed by atoms with Gasteiger partial charge in [-0.05, 0) is 13.0 Å². The van der Waals surface area contributed by atoms with Crippen LogP contribution in [0.2, 0.25) is 0 Å². The van der Waals surface area contributed by atoms with E-state index in [9.17, 15) is 0 Å². The number of aromatic nitrogens is 2. The summed E-state index contributed by atoms with van der Waals surface area (Å²) >= 11 is 1.94. The van der Waals surface area contributed by atoms with Crippen LogP contribution in [0.15, 0.2) is 4.52 Å². The van der Waals surface area contributed by atoms with E-state index in [1.165, 1.54) is 0 Å². The molecule has 1 aliphatic rings. The van der Waals surface area contributed by atoms with Crippen molar-refractivity contribution in [3.63, 3.8) is 0 Å². The van der Waals surface area contributed by atoms with Crippen LogP contribution in [0.5, 0.6) is 0 Å². The highest BCUT2D eigenvalue weighted by Gasteiger charge is 2.32. The van der Waals surface area contributed by atoms with E-state index in [0.717, 1.165) is 29.6 Å². The molecule has 1 saturated heterocycles. The summed E-state index contributed by atoms with van der Waals surface area (Å²) in [5.41, 5.74) is 0. The first-order valence-electron chi connectivity index (χ1n) is 5.78. The number of nitrogens with zero attached hydrogens (tertiary/aromatic N) is 2. The second-order valence-electron chi connectivity index (χ2n) is 4.69. The van der Waals surface area contributed by atoms with Crippen LogP contribution in [0.1, 0.15) is 31.5 Å². The van der Waals surface area contributed by atoms with Crippen molar-refractivity contribution in [2.24, 2.45) is 5.92 Å². The average Bonchev–Trinajstić information content (AvgIpc) is 2.83. The molecule has 2 rings (SSSR count). The molecule has 5 heteroatoms. The van der Waals surface area contributed by atoms with Crippen molar-refractivity contribution in [1.82, 2.24) is 15.5 Å². The maximum Gasteiger partial charge on any atom is 0.232 e. The van der Waals surface area contributed by atoms with Crippen LogP contribution in [0.4, 0.5) is 0 Å². The predicted octanol–water partition coefficient (Wildman–Crippen LogP) is 1.69. The predicted molar refractivity (Wildman–Crippen MR) is 65.8 cm³/mol. The molecule has 2 unspecified atom stereocenters. The minimum atomic E-state index is 0.378. The Hall–Kier alpha value is -0.550. The molecule has 1 aromatic heterocycles. The molecule has 2 heterocycles. The molecule has 1 N–H and O–H groups in total. The first kappa shape index (κ1) is 11.9. The normalized spacial score (nSPS) is 25.5. The smallest absolute Gasteiger partial charge is 0.232 e. The highest BCUT2D eigenvalue weighted by molar-refractivity contribution is 7.99. The summed E-state index contributed by atoms with van der Waals surface area (Å²) in [7, 11) is 1.99. The fourth-order valence-electron chi connectivity index (χ4n) is 1.95. The molecule has 0 radical (unpaired) electrons. The SMILES string of the molecule is CNC1CSCC1c1nc(CC(C)C)no1. The highest BCUT2D eigenvalue weighted by Crippen LogP contribution is 2.31. The van der Waals surface area contributed by atoms with E-state index < -0.39 is 0 Å². The lowest BCUT2D eigenvalue weighted by atomic mass is 10.0. The Morgan fingerprint density at radius 1 is 1.50 bits per heavy atom. The van der Waals surface area contributed by atoms with E-state index >= 15 is 0 Å². The summed E-state index contributed by atoms with van der Waals surface area (Å²) in [5.74, 6) is 4.81. The molecular formula is C11H19N3OS. The fourth-order valence-corrected chi connectivity index (χ4v) is 3.37. The maximum absolute atomic E-state index is 5.37. The third kappa shape index (κ3) is 2.58. The molecule has 2 atom stereocenters. The molecule has 0 amide bonds. The van der Waals surface area contributed by atoms with Crippen LogP contribution < -0.4 is 5.32 Å². The molecule has 1 fully saturated rings. The van der Waals surface area contributed by atoms with Crippen molar-refractivity contribution in [2.45, 2.75) is 32.2 Å². The Kier molecular flexibility index (Phi) is 3.86.